The number of nitrogens with zero attached hydrogens (tertiary/aromatic N) is 2. The molecule has 1 saturated heterocycles. The number of benzene rings is 3. The molecule has 6 nitrogen and oxygen atoms in total. The Balaban J connectivity index is 1.74. The molecular weight excluding hydrogens is 484 g/mol. The normalized spacial score (nSPS) is 17.4. The van der Waals surface area contributed by atoms with Gasteiger partial charge in [-0.25, -0.2) is 4.98 Å². The lowest BCUT2D eigenvalue weighted by molar-refractivity contribution is -0.132. The lowest BCUT2D eigenvalue weighted by Gasteiger charge is -2.23. The number of aryl methyl sites for hydroxylation is 2. The van der Waals surface area contributed by atoms with Crippen molar-refractivity contribution < 1.29 is 19.4 Å². The van der Waals surface area contributed by atoms with Crippen molar-refractivity contribution in [2.75, 3.05) is 12.0 Å². The summed E-state index contributed by atoms with van der Waals surface area (Å²) >= 11 is 7.39. The molecule has 3 aromatic carbocycles. The number of rotatable bonds is 4. The van der Waals surface area contributed by atoms with Crippen LogP contribution in [0.2, 0.25) is 5.02 Å². The summed E-state index contributed by atoms with van der Waals surface area (Å²) in [7, 11) is 1.58. The number of carbonyl (C=O) groups excluding carboxylic acids is 2. The van der Waals surface area contributed by atoms with Crippen molar-refractivity contribution in [2.45, 2.75) is 19.9 Å². The van der Waals surface area contributed by atoms with E-state index < -0.39 is 17.7 Å². The molecule has 35 heavy (non-hydrogen) atoms. The number of ether oxygens (including phenoxy) is 1. The molecule has 1 N–H and O–H groups in total. The van der Waals surface area contributed by atoms with Gasteiger partial charge in [0.25, 0.3) is 5.78 Å². The number of aliphatic hydroxyl groups excluding tert-OH is 1. The molecule has 0 saturated carbocycles. The summed E-state index contributed by atoms with van der Waals surface area (Å²) in [5, 5.41) is 12.3. The second-order valence-corrected chi connectivity index (χ2v) is 9.81. The number of amides is 1. The Morgan fingerprint density at radius 1 is 1.06 bits per heavy atom. The Hall–Kier alpha value is -3.68. The van der Waals surface area contributed by atoms with Gasteiger partial charge < -0.3 is 9.84 Å². The van der Waals surface area contributed by atoms with Crippen LogP contribution in [-0.4, -0.2) is 28.9 Å². The van der Waals surface area contributed by atoms with E-state index >= 15 is 0 Å². The van der Waals surface area contributed by atoms with Crippen LogP contribution in [0.4, 0.5) is 5.13 Å². The van der Waals surface area contributed by atoms with Gasteiger partial charge in [0.15, 0.2) is 5.13 Å². The number of carbonyl (C=O) groups is 2. The number of ketones is 1. The van der Waals surface area contributed by atoms with Gasteiger partial charge in [0, 0.05) is 10.6 Å². The predicted octanol–water partition coefficient (Wildman–Crippen LogP) is 6.20. The van der Waals surface area contributed by atoms with E-state index in [9.17, 15) is 14.7 Å². The smallest absolute Gasteiger partial charge is 0.301 e. The molecule has 2 heterocycles. The van der Waals surface area contributed by atoms with Gasteiger partial charge in [-0.1, -0.05) is 52.8 Å². The van der Waals surface area contributed by atoms with Gasteiger partial charge in [-0.2, -0.15) is 0 Å². The number of Topliss-reactive ketones (excluding diaryl/α,β-unsaturated/α-hetero) is 1. The largest absolute Gasteiger partial charge is 0.507 e. The van der Waals surface area contributed by atoms with Gasteiger partial charge in [-0.05, 0) is 61.4 Å². The summed E-state index contributed by atoms with van der Waals surface area (Å²) in [6, 6.07) is 17.1. The summed E-state index contributed by atoms with van der Waals surface area (Å²) in [5.74, 6) is -1.06. The highest BCUT2D eigenvalue weighted by molar-refractivity contribution is 7.22. The zero-order valence-corrected chi connectivity index (χ0v) is 20.8. The third-order valence-corrected chi connectivity index (χ3v) is 7.34. The van der Waals surface area contributed by atoms with Gasteiger partial charge >= 0.3 is 5.91 Å². The van der Waals surface area contributed by atoms with E-state index in [1.165, 1.54) is 16.2 Å². The van der Waals surface area contributed by atoms with E-state index in [0.29, 0.717) is 32.5 Å². The predicted molar refractivity (Wildman–Crippen MR) is 138 cm³/mol. The molecule has 1 aliphatic rings. The number of hydrogen-bond acceptors (Lipinski definition) is 6. The quantitative estimate of drug-likeness (QED) is 0.203. The molecule has 5 rings (SSSR count). The van der Waals surface area contributed by atoms with Gasteiger partial charge in [0.2, 0.25) is 0 Å². The van der Waals surface area contributed by atoms with Crippen molar-refractivity contribution in [3.05, 3.63) is 93.5 Å². The summed E-state index contributed by atoms with van der Waals surface area (Å²) in [6.45, 7) is 3.75. The minimum atomic E-state index is -0.866. The van der Waals surface area contributed by atoms with E-state index in [1.54, 1.807) is 49.6 Å². The number of halogens is 1. The van der Waals surface area contributed by atoms with Crippen LogP contribution in [0.3, 0.4) is 0 Å². The van der Waals surface area contributed by atoms with Crippen molar-refractivity contribution in [3.8, 4) is 5.75 Å². The lowest BCUT2D eigenvalue weighted by atomic mass is 9.93. The molecule has 1 atom stereocenters. The first-order chi connectivity index (χ1) is 16.8. The van der Waals surface area contributed by atoms with E-state index in [-0.39, 0.29) is 11.3 Å². The average molecular weight is 505 g/mol. The molecule has 1 aromatic heterocycles. The van der Waals surface area contributed by atoms with Crippen molar-refractivity contribution in [1.29, 1.82) is 0 Å². The van der Waals surface area contributed by atoms with E-state index in [4.69, 9.17) is 16.3 Å². The van der Waals surface area contributed by atoms with E-state index in [2.05, 4.69) is 4.98 Å². The maximum atomic E-state index is 13.4. The average Bonchev–Trinajstić information content (AvgIpc) is 3.38. The fraction of sp³-hybridized carbons (Fsp3) is 0.148. The Kier molecular flexibility index (Phi) is 5.83. The molecule has 1 unspecified atom stereocenters. The maximum Gasteiger partial charge on any atom is 0.301 e. The number of methoxy groups -OCH3 is 1. The highest BCUT2D eigenvalue weighted by Gasteiger charge is 2.48. The van der Waals surface area contributed by atoms with Gasteiger partial charge in [-0.15, -0.1) is 0 Å². The zero-order valence-electron chi connectivity index (χ0n) is 19.2. The molecule has 8 heteroatoms. The Morgan fingerprint density at radius 3 is 2.51 bits per heavy atom. The molecule has 1 amide bonds. The molecule has 1 aliphatic heterocycles. The first-order valence-corrected chi connectivity index (χ1v) is 12.1. The van der Waals surface area contributed by atoms with Crippen LogP contribution < -0.4 is 9.64 Å². The zero-order chi connectivity index (χ0) is 24.9. The molecule has 0 radical (unpaired) electrons. The van der Waals surface area contributed by atoms with Gasteiger partial charge in [-0.3, -0.25) is 14.5 Å². The summed E-state index contributed by atoms with van der Waals surface area (Å²) in [4.78, 5) is 32.8. The molecular formula is C27H21ClN2O4S. The van der Waals surface area contributed by atoms with Crippen LogP contribution >= 0.6 is 22.9 Å². The highest BCUT2D eigenvalue weighted by atomic mass is 35.5. The minimum absolute atomic E-state index is 0.0165. The van der Waals surface area contributed by atoms with Crippen LogP contribution in [0.1, 0.15) is 28.3 Å². The molecule has 4 aromatic rings. The number of fused-ring (bicyclic) bond motifs is 1. The van der Waals surface area contributed by atoms with Crippen LogP contribution in [0, 0.1) is 13.8 Å². The number of aromatic nitrogens is 1. The molecule has 0 spiro atoms. The SMILES string of the molecule is COc1ccc2nc(N3C(=O)C(=O)/C(=C(/O)c4cc(C)ccc4C)C3c3ccc(Cl)cc3)sc2c1. The third kappa shape index (κ3) is 3.96. The van der Waals surface area contributed by atoms with E-state index in [1.807, 2.05) is 32.0 Å². The van der Waals surface area contributed by atoms with Crippen LogP contribution in [0.15, 0.2) is 66.2 Å². The topological polar surface area (TPSA) is 79.7 Å². The maximum absolute atomic E-state index is 13.4. The van der Waals surface area contributed by atoms with Gasteiger partial charge in [0.05, 0.1) is 28.9 Å². The monoisotopic (exact) mass is 504 g/mol. The van der Waals surface area contributed by atoms with Crippen LogP contribution in [-0.2, 0) is 9.59 Å². The molecule has 0 aliphatic carbocycles. The first-order valence-electron chi connectivity index (χ1n) is 10.9. The standard InChI is InChI=1S/C27H21ClN2O4S/c1-14-4-5-15(2)19(12-14)24(31)22-23(16-6-8-17(28)9-7-16)30(26(33)25(22)32)27-29-20-11-10-18(34-3)13-21(20)35-27/h4-13,23,31H,1-3H3/b24-22+. The van der Waals surface area contributed by atoms with Crippen molar-refractivity contribution in [2.24, 2.45) is 0 Å². The van der Waals surface area contributed by atoms with Crippen LogP contribution in [0.5, 0.6) is 5.75 Å². The number of thiazole rings is 1. The highest BCUT2D eigenvalue weighted by Crippen LogP contribution is 2.45. The first kappa shape index (κ1) is 23.1. The minimum Gasteiger partial charge on any atom is -0.507 e. The van der Waals surface area contributed by atoms with Gasteiger partial charge in [0.1, 0.15) is 11.5 Å². The summed E-state index contributed by atoms with van der Waals surface area (Å²) < 4.78 is 6.12. The van der Waals surface area contributed by atoms with Crippen molar-refractivity contribution in [3.63, 3.8) is 0 Å². The molecule has 0 bridgehead atoms. The fourth-order valence-electron chi connectivity index (χ4n) is 4.25. The number of aliphatic hydroxyl groups is 1. The fourth-order valence-corrected chi connectivity index (χ4v) is 5.40. The second-order valence-electron chi connectivity index (χ2n) is 8.37. The van der Waals surface area contributed by atoms with Crippen molar-refractivity contribution >= 4 is 55.7 Å². The van der Waals surface area contributed by atoms with E-state index in [0.717, 1.165) is 15.8 Å². The number of hydrogen-bond donors (Lipinski definition) is 1. The third-order valence-electron chi connectivity index (χ3n) is 6.07. The summed E-state index contributed by atoms with van der Waals surface area (Å²) in [5.41, 5.74) is 3.56. The second kappa shape index (κ2) is 8.83. The Labute approximate surface area is 211 Å². The molecule has 1 fully saturated rings. The Morgan fingerprint density at radius 2 is 1.80 bits per heavy atom. The Bertz CT molecular complexity index is 1520. The van der Waals surface area contributed by atoms with Crippen molar-refractivity contribution in [1.82, 2.24) is 4.98 Å². The van der Waals surface area contributed by atoms with Crippen LogP contribution in [0.25, 0.3) is 16.0 Å². The lowest BCUT2D eigenvalue weighted by Crippen LogP contribution is -2.29. The number of anilines is 1. The molecule has 176 valence electrons. The summed E-state index contributed by atoms with van der Waals surface area (Å²) in [6.07, 6.45) is 0.